The summed E-state index contributed by atoms with van der Waals surface area (Å²) in [7, 11) is 0. The average molecular weight is 425 g/mol. The van der Waals surface area contributed by atoms with Crippen LogP contribution in [0.25, 0.3) is 0 Å². The molecule has 2 N–H and O–H groups in total. The Labute approximate surface area is 157 Å². The Kier molecular flexibility index (Phi) is 5.48. The van der Waals surface area contributed by atoms with Gasteiger partial charge < -0.3 is 10.4 Å². The van der Waals surface area contributed by atoms with Gasteiger partial charge in [-0.15, -0.1) is 11.8 Å². The van der Waals surface area contributed by atoms with Crippen molar-refractivity contribution in [3.63, 3.8) is 0 Å². The number of hydrogen-bond donors (Lipinski definition) is 2. The summed E-state index contributed by atoms with van der Waals surface area (Å²) in [5, 5.41) is 12.5. The molecule has 1 saturated heterocycles. The average Bonchev–Trinajstić information content (AvgIpc) is 2.60. The smallest absolute Gasteiger partial charge is 0.352 e. The van der Waals surface area contributed by atoms with Crippen LogP contribution in [0.15, 0.2) is 41.6 Å². The summed E-state index contributed by atoms with van der Waals surface area (Å²) in [6.07, 6.45) is 0.772. The van der Waals surface area contributed by atoms with E-state index in [1.807, 2.05) is 30.3 Å². The lowest BCUT2D eigenvalue weighted by Crippen LogP contribution is -2.70. The van der Waals surface area contributed by atoms with Crippen LogP contribution in [0.4, 0.5) is 0 Å². The number of carbonyl (C=O) groups is 3. The molecule has 1 fully saturated rings. The number of nitrogens with one attached hydrogen (secondary N) is 1. The van der Waals surface area contributed by atoms with Gasteiger partial charge in [-0.2, -0.15) is 0 Å². The van der Waals surface area contributed by atoms with E-state index in [-0.39, 0.29) is 29.3 Å². The van der Waals surface area contributed by atoms with Crippen molar-refractivity contribution in [2.45, 2.75) is 24.3 Å². The number of rotatable bonds is 6. The third-order valence-corrected chi connectivity index (χ3v) is 5.91. The number of halogens is 1. The molecule has 0 bridgehead atoms. The molecule has 0 spiro atoms. The second kappa shape index (κ2) is 7.61. The number of alkyl halides is 1. The number of fused-ring (bicyclic) bond motifs is 1. The summed E-state index contributed by atoms with van der Waals surface area (Å²) in [5.74, 6) is -1.14. The van der Waals surface area contributed by atoms with Crippen molar-refractivity contribution in [3.8, 4) is 0 Å². The summed E-state index contributed by atoms with van der Waals surface area (Å²) >= 11 is 4.80. The standard InChI is InChI=1S/C17H17BrN2O4S/c18-7-6-11-9-25-16-13(15(22)20(16)14(11)17(23)24)19-12(21)8-10-4-2-1-3-5-10/h1-5,13,16H,6-9H2,(H,19,21)(H,23,24)/t13-,16+/m1/s1. The summed E-state index contributed by atoms with van der Waals surface area (Å²) < 4.78 is 0. The van der Waals surface area contributed by atoms with Crippen LogP contribution in [-0.4, -0.2) is 50.3 Å². The molecule has 8 heteroatoms. The second-order valence-corrected chi connectivity index (χ2v) is 7.71. The van der Waals surface area contributed by atoms with E-state index in [9.17, 15) is 19.5 Å². The minimum absolute atomic E-state index is 0.0711. The van der Waals surface area contributed by atoms with E-state index in [2.05, 4.69) is 21.2 Å². The first-order chi connectivity index (χ1) is 12.0. The maximum absolute atomic E-state index is 12.4. The predicted octanol–water partition coefficient (Wildman–Crippen LogP) is 1.75. The number of benzene rings is 1. The highest BCUT2D eigenvalue weighted by atomic mass is 79.9. The molecule has 0 aromatic heterocycles. The van der Waals surface area contributed by atoms with E-state index in [0.29, 0.717) is 17.5 Å². The van der Waals surface area contributed by atoms with Gasteiger partial charge in [-0.05, 0) is 17.6 Å². The number of amides is 2. The lowest BCUT2D eigenvalue weighted by Gasteiger charge is -2.49. The molecule has 0 aliphatic carbocycles. The van der Waals surface area contributed by atoms with Crippen molar-refractivity contribution in [2.24, 2.45) is 0 Å². The SMILES string of the molecule is O=C(Cc1ccccc1)N[C@@H]1C(=O)N2C(C(=O)O)=C(CCBr)CS[C@@H]12. The zero-order valence-corrected chi connectivity index (χ0v) is 15.7. The summed E-state index contributed by atoms with van der Waals surface area (Å²) in [6.45, 7) is 0. The first kappa shape index (κ1) is 18.0. The van der Waals surface area contributed by atoms with Gasteiger partial charge in [0, 0.05) is 11.1 Å². The summed E-state index contributed by atoms with van der Waals surface area (Å²) in [6, 6.07) is 8.61. The van der Waals surface area contributed by atoms with Crippen LogP contribution < -0.4 is 5.32 Å². The number of carbonyl (C=O) groups excluding carboxylic acids is 2. The van der Waals surface area contributed by atoms with Gasteiger partial charge in [0.25, 0.3) is 5.91 Å². The van der Waals surface area contributed by atoms with Crippen LogP contribution in [0.5, 0.6) is 0 Å². The van der Waals surface area contributed by atoms with Crippen LogP contribution in [0.3, 0.4) is 0 Å². The monoisotopic (exact) mass is 424 g/mol. The highest BCUT2D eigenvalue weighted by molar-refractivity contribution is 9.09. The first-order valence-electron chi connectivity index (χ1n) is 7.82. The second-order valence-electron chi connectivity index (χ2n) is 5.81. The van der Waals surface area contributed by atoms with E-state index < -0.39 is 12.0 Å². The van der Waals surface area contributed by atoms with Crippen molar-refractivity contribution < 1.29 is 19.5 Å². The third kappa shape index (κ3) is 3.59. The fraction of sp³-hybridized carbons (Fsp3) is 0.353. The molecule has 25 heavy (non-hydrogen) atoms. The van der Waals surface area contributed by atoms with Gasteiger partial charge in [-0.3, -0.25) is 14.5 Å². The number of hydrogen-bond acceptors (Lipinski definition) is 4. The van der Waals surface area contributed by atoms with Crippen molar-refractivity contribution in [2.75, 3.05) is 11.1 Å². The van der Waals surface area contributed by atoms with Gasteiger partial charge in [-0.25, -0.2) is 4.79 Å². The molecule has 2 aliphatic heterocycles. The fourth-order valence-corrected chi connectivity index (χ4v) is 4.86. The lowest BCUT2D eigenvalue weighted by molar-refractivity contribution is -0.150. The molecule has 1 aromatic carbocycles. The minimum atomic E-state index is -1.09. The van der Waals surface area contributed by atoms with Crippen LogP contribution in [0, 0.1) is 0 Å². The molecule has 3 rings (SSSR count). The van der Waals surface area contributed by atoms with Gasteiger partial charge in [0.2, 0.25) is 5.91 Å². The first-order valence-corrected chi connectivity index (χ1v) is 9.99. The Morgan fingerprint density at radius 1 is 1.32 bits per heavy atom. The van der Waals surface area contributed by atoms with Crippen LogP contribution >= 0.6 is 27.7 Å². The quantitative estimate of drug-likeness (QED) is 0.536. The molecule has 0 radical (unpaired) electrons. The van der Waals surface area contributed by atoms with E-state index in [1.54, 1.807) is 0 Å². The summed E-state index contributed by atoms with van der Waals surface area (Å²) in [4.78, 5) is 37.5. The molecule has 2 heterocycles. The van der Waals surface area contributed by atoms with E-state index in [1.165, 1.54) is 16.7 Å². The van der Waals surface area contributed by atoms with Gasteiger partial charge >= 0.3 is 5.97 Å². The van der Waals surface area contributed by atoms with Crippen LogP contribution in [0.1, 0.15) is 12.0 Å². The molecule has 0 unspecified atom stereocenters. The van der Waals surface area contributed by atoms with Crippen LogP contribution in [0.2, 0.25) is 0 Å². The van der Waals surface area contributed by atoms with Crippen molar-refractivity contribution in [1.82, 2.24) is 10.2 Å². The Balaban J connectivity index is 1.69. The maximum atomic E-state index is 12.4. The largest absolute Gasteiger partial charge is 0.477 e. The van der Waals surface area contributed by atoms with Gasteiger partial charge in [0.1, 0.15) is 17.1 Å². The molecule has 0 saturated carbocycles. The highest BCUT2D eigenvalue weighted by Gasteiger charge is 2.53. The number of β-lactam (4-membered cyclic amide) rings is 1. The van der Waals surface area contributed by atoms with E-state index in [4.69, 9.17) is 0 Å². The van der Waals surface area contributed by atoms with Crippen molar-refractivity contribution in [3.05, 3.63) is 47.2 Å². The minimum Gasteiger partial charge on any atom is -0.477 e. The normalized spacial score (nSPS) is 22.3. The fourth-order valence-electron chi connectivity index (χ4n) is 2.99. The van der Waals surface area contributed by atoms with E-state index >= 15 is 0 Å². The highest BCUT2D eigenvalue weighted by Crippen LogP contribution is 2.41. The topological polar surface area (TPSA) is 86.7 Å². The zero-order valence-electron chi connectivity index (χ0n) is 13.3. The molecular formula is C17H17BrN2O4S. The Bertz CT molecular complexity index is 737. The number of thioether (sulfide) groups is 1. The summed E-state index contributed by atoms with van der Waals surface area (Å²) in [5.41, 5.74) is 1.68. The molecular weight excluding hydrogens is 408 g/mol. The van der Waals surface area contributed by atoms with Gasteiger partial charge in [0.15, 0.2) is 0 Å². The van der Waals surface area contributed by atoms with E-state index in [0.717, 1.165) is 11.1 Å². The molecule has 132 valence electrons. The molecule has 2 atom stereocenters. The van der Waals surface area contributed by atoms with Gasteiger partial charge in [0.05, 0.1) is 6.42 Å². The number of carboxylic acid groups (broad SMARTS) is 1. The number of carboxylic acids is 1. The third-order valence-electron chi connectivity index (χ3n) is 4.17. The molecule has 6 nitrogen and oxygen atoms in total. The van der Waals surface area contributed by atoms with Crippen molar-refractivity contribution >= 4 is 45.5 Å². The molecule has 2 aliphatic rings. The number of aliphatic carboxylic acids is 1. The lowest BCUT2D eigenvalue weighted by atomic mass is 10.0. The maximum Gasteiger partial charge on any atom is 0.352 e. The Morgan fingerprint density at radius 2 is 2.04 bits per heavy atom. The molecule has 2 amide bonds. The zero-order chi connectivity index (χ0) is 18.0. The van der Waals surface area contributed by atoms with Crippen molar-refractivity contribution in [1.29, 1.82) is 0 Å². The number of nitrogens with zero attached hydrogens (tertiary/aromatic N) is 1. The molecule has 1 aromatic rings. The Morgan fingerprint density at radius 3 is 2.68 bits per heavy atom. The Hall–Kier alpha value is -1.80. The van der Waals surface area contributed by atoms with Gasteiger partial charge in [-0.1, -0.05) is 46.3 Å². The van der Waals surface area contributed by atoms with Crippen LogP contribution in [-0.2, 0) is 20.8 Å². The predicted molar refractivity (Wildman–Crippen MR) is 98.2 cm³/mol.